The monoisotopic (exact) mass is 345 g/mol. The zero-order valence-corrected chi connectivity index (χ0v) is 14.2. The van der Waals surface area contributed by atoms with Crippen molar-refractivity contribution in [3.05, 3.63) is 59.1 Å². The largest absolute Gasteiger partial charge is 0.304 e. The molecule has 1 heterocycles. The number of carbonyl (C=O) groups is 2. The van der Waals surface area contributed by atoms with Gasteiger partial charge < -0.3 is 4.90 Å². The fraction of sp³-hybridized carbons (Fsp3) is 0.222. The second kappa shape index (κ2) is 6.77. The maximum atomic E-state index is 12.7. The van der Waals surface area contributed by atoms with Gasteiger partial charge in [-0.25, -0.2) is 0 Å². The molecule has 0 aromatic heterocycles. The highest BCUT2D eigenvalue weighted by molar-refractivity contribution is 7.99. The summed E-state index contributed by atoms with van der Waals surface area (Å²) in [5, 5.41) is 0.601. The van der Waals surface area contributed by atoms with Crippen molar-refractivity contribution in [2.24, 2.45) is 0 Å². The summed E-state index contributed by atoms with van der Waals surface area (Å²) in [6, 6.07) is 15.3. The van der Waals surface area contributed by atoms with Gasteiger partial charge in [0.2, 0.25) is 5.91 Å². The number of para-hydroxylation sites is 1. The van der Waals surface area contributed by atoms with Crippen molar-refractivity contribution in [2.75, 3.05) is 11.4 Å². The van der Waals surface area contributed by atoms with Crippen molar-refractivity contribution in [2.45, 2.75) is 23.5 Å². The summed E-state index contributed by atoms with van der Waals surface area (Å²) in [5.41, 5.74) is 1.75. The van der Waals surface area contributed by atoms with Gasteiger partial charge in [0, 0.05) is 21.6 Å². The minimum Gasteiger partial charge on any atom is -0.304 e. The minimum absolute atomic E-state index is 0.0330. The lowest BCUT2D eigenvalue weighted by atomic mass is 10.1. The Labute approximate surface area is 144 Å². The molecule has 3 nitrogen and oxygen atoms in total. The molecule has 118 valence electrons. The first-order valence-electron chi connectivity index (χ1n) is 7.36. The number of rotatable bonds is 3. The number of fused-ring (bicyclic) bond motifs is 1. The van der Waals surface area contributed by atoms with E-state index >= 15 is 0 Å². The van der Waals surface area contributed by atoms with Crippen LogP contribution in [0.15, 0.2) is 53.4 Å². The van der Waals surface area contributed by atoms with Crippen LogP contribution in [-0.2, 0) is 9.59 Å². The molecule has 0 spiro atoms. The van der Waals surface area contributed by atoms with Crippen molar-refractivity contribution in [1.82, 2.24) is 0 Å². The Bertz CT molecular complexity index is 762. The number of benzene rings is 2. The number of thioether (sulfide) groups is 1. The fourth-order valence-corrected chi connectivity index (χ4v) is 4.34. The number of Topliss-reactive ketones (excluding diaryl/α,β-unsaturated/α-hetero) is 1. The number of amides is 1. The third-order valence-electron chi connectivity index (χ3n) is 3.72. The lowest BCUT2D eigenvalue weighted by molar-refractivity contribution is -0.121. The highest BCUT2D eigenvalue weighted by Gasteiger charge is 2.30. The van der Waals surface area contributed by atoms with Gasteiger partial charge in [0.25, 0.3) is 0 Å². The van der Waals surface area contributed by atoms with Crippen molar-refractivity contribution < 1.29 is 9.59 Å². The van der Waals surface area contributed by atoms with Gasteiger partial charge in [-0.2, -0.15) is 0 Å². The summed E-state index contributed by atoms with van der Waals surface area (Å²) in [5.74, 6) is -0.0862. The maximum Gasteiger partial charge on any atom is 0.228 e. The first-order chi connectivity index (χ1) is 11.1. The first-order valence-corrected chi connectivity index (χ1v) is 8.62. The number of nitrogens with zero attached hydrogens (tertiary/aromatic N) is 1. The Morgan fingerprint density at radius 3 is 2.65 bits per heavy atom. The normalized spacial score (nSPS) is 17.6. The Morgan fingerprint density at radius 2 is 1.91 bits per heavy atom. The molecular weight excluding hydrogens is 330 g/mol. The van der Waals surface area contributed by atoms with Gasteiger partial charge in [-0.15, -0.1) is 11.8 Å². The Balaban J connectivity index is 2.03. The highest BCUT2D eigenvalue weighted by Crippen LogP contribution is 2.46. The number of hydrogen-bond donors (Lipinski definition) is 0. The summed E-state index contributed by atoms with van der Waals surface area (Å²) < 4.78 is 0. The van der Waals surface area contributed by atoms with Crippen LogP contribution in [0.1, 0.15) is 24.2 Å². The van der Waals surface area contributed by atoms with E-state index in [9.17, 15) is 9.59 Å². The van der Waals surface area contributed by atoms with Crippen LogP contribution in [0.5, 0.6) is 0 Å². The van der Waals surface area contributed by atoms with E-state index in [1.54, 1.807) is 16.7 Å². The van der Waals surface area contributed by atoms with Crippen LogP contribution in [0.4, 0.5) is 5.69 Å². The maximum absolute atomic E-state index is 12.7. The van der Waals surface area contributed by atoms with Gasteiger partial charge in [0.15, 0.2) is 0 Å². The summed E-state index contributed by atoms with van der Waals surface area (Å²) in [7, 11) is 0. The van der Waals surface area contributed by atoms with Crippen LogP contribution < -0.4 is 4.90 Å². The Morgan fingerprint density at radius 1 is 1.22 bits per heavy atom. The molecule has 0 bridgehead atoms. The molecule has 2 aromatic carbocycles. The van der Waals surface area contributed by atoms with E-state index in [1.165, 1.54) is 6.92 Å². The third-order valence-corrected chi connectivity index (χ3v) is 5.37. The van der Waals surface area contributed by atoms with E-state index in [-0.39, 0.29) is 23.5 Å². The van der Waals surface area contributed by atoms with Crippen molar-refractivity contribution in [3.8, 4) is 0 Å². The van der Waals surface area contributed by atoms with Gasteiger partial charge >= 0.3 is 0 Å². The molecule has 0 fully saturated rings. The lowest BCUT2D eigenvalue weighted by Gasteiger charge is -2.21. The van der Waals surface area contributed by atoms with Gasteiger partial charge in [0.05, 0.1) is 12.2 Å². The van der Waals surface area contributed by atoms with E-state index in [4.69, 9.17) is 11.6 Å². The molecule has 1 atom stereocenters. The van der Waals surface area contributed by atoms with Crippen molar-refractivity contribution >= 4 is 40.7 Å². The third kappa shape index (κ3) is 3.43. The molecule has 0 radical (unpaired) electrons. The quantitative estimate of drug-likeness (QED) is 0.822. The number of anilines is 1. The van der Waals surface area contributed by atoms with Gasteiger partial charge in [-0.05, 0) is 30.7 Å². The molecule has 1 aliphatic rings. The molecule has 5 heteroatoms. The van der Waals surface area contributed by atoms with Crippen LogP contribution in [0, 0.1) is 0 Å². The second-order valence-electron chi connectivity index (χ2n) is 5.48. The second-order valence-corrected chi connectivity index (χ2v) is 7.13. The van der Waals surface area contributed by atoms with E-state index < -0.39 is 0 Å². The summed E-state index contributed by atoms with van der Waals surface area (Å²) in [6.45, 7) is 1.60. The summed E-state index contributed by atoms with van der Waals surface area (Å²) in [6.07, 6.45) is 0.316. The summed E-state index contributed by atoms with van der Waals surface area (Å²) in [4.78, 5) is 26.9. The predicted molar refractivity (Wildman–Crippen MR) is 94.1 cm³/mol. The molecule has 0 saturated carbocycles. The Hall–Kier alpha value is -1.78. The van der Waals surface area contributed by atoms with E-state index in [0.717, 1.165) is 16.1 Å². The number of halogens is 1. The molecule has 1 unspecified atom stereocenters. The molecule has 2 aromatic rings. The fourth-order valence-electron chi connectivity index (χ4n) is 2.68. The average Bonchev–Trinajstić information content (AvgIpc) is 2.65. The van der Waals surface area contributed by atoms with Gasteiger partial charge in [-0.1, -0.05) is 41.9 Å². The highest BCUT2D eigenvalue weighted by atomic mass is 35.5. The first kappa shape index (κ1) is 16.1. The molecule has 3 rings (SSSR count). The number of carbonyl (C=O) groups excluding carboxylic acids is 2. The molecule has 1 aliphatic heterocycles. The van der Waals surface area contributed by atoms with Crippen LogP contribution >= 0.6 is 23.4 Å². The topological polar surface area (TPSA) is 37.4 Å². The molecule has 0 aliphatic carbocycles. The van der Waals surface area contributed by atoms with Crippen LogP contribution in [-0.4, -0.2) is 18.2 Å². The molecule has 0 N–H and O–H groups in total. The zero-order valence-electron chi connectivity index (χ0n) is 12.7. The van der Waals surface area contributed by atoms with E-state index in [0.29, 0.717) is 11.4 Å². The SMILES string of the molecule is CC(=O)CN1C(=O)CC(c2ccccc2Cl)Sc2ccccc21. The standard InChI is InChI=1S/C18H16ClNO2S/c1-12(21)11-20-15-8-4-5-9-16(15)23-17(10-18(20)22)13-6-2-3-7-14(13)19/h2-9,17H,10-11H2,1H3. The summed E-state index contributed by atoms with van der Waals surface area (Å²) >= 11 is 7.94. The Kier molecular flexibility index (Phi) is 4.74. The van der Waals surface area contributed by atoms with Crippen molar-refractivity contribution in [3.63, 3.8) is 0 Å². The lowest BCUT2D eigenvalue weighted by Crippen LogP contribution is -2.34. The van der Waals surface area contributed by atoms with Crippen molar-refractivity contribution in [1.29, 1.82) is 0 Å². The van der Waals surface area contributed by atoms with Crippen LogP contribution in [0.25, 0.3) is 0 Å². The molecule has 1 amide bonds. The van der Waals surface area contributed by atoms with Gasteiger partial charge in [0.1, 0.15) is 5.78 Å². The molecule has 23 heavy (non-hydrogen) atoms. The van der Waals surface area contributed by atoms with E-state index in [1.807, 2.05) is 48.5 Å². The smallest absolute Gasteiger partial charge is 0.228 e. The molecule has 0 saturated heterocycles. The molecular formula is C18H16ClNO2S. The number of ketones is 1. The number of hydrogen-bond acceptors (Lipinski definition) is 3. The minimum atomic E-state index is -0.0608. The predicted octanol–water partition coefficient (Wildman–Crippen LogP) is 4.50. The zero-order chi connectivity index (χ0) is 16.4. The van der Waals surface area contributed by atoms with Crippen LogP contribution in [0.2, 0.25) is 5.02 Å². The van der Waals surface area contributed by atoms with E-state index in [2.05, 4.69) is 0 Å². The van der Waals surface area contributed by atoms with Gasteiger partial charge in [-0.3, -0.25) is 9.59 Å². The van der Waals surface area contributed by atoms with Crippen LogP contribution in [0.3, 0.4) is 0 Å². The average molecular weight is 346 g/mol.